The summed E-state index contributed by atoms with van der Waals surface area (Å²) in [5.74, 6) is -1.06. The lowest BCUT2D eigenvalue weighted by Gasteiger charge is -2.02. The maximum atomic E-state index is 10.8. The number of carboxylic acid groups (broad SMARTS) is 1. The third kappa shape index (κ3) is 1.69. The van der Waals surface area contributed by atoms with Crippen molar-refractivity contribution in [3.05, 3.63) is 41.3 Å². The van der Waals surface area contributed by atoms with E-state index in [-0.39, 0.29) is 5.82 Å². The van der Waals surface area contributed by atoms with E-state index in [4.69, 9.17) is 5.11 Å². The first kappa shape index (κ1) is 10.4. The van der Waals surface area contributed by atoms with Gasteiger partial charge in [-0.1, -0.05) is 24.3 Å². The minimum atomic E-state index is -1.04. The van der Waals surface area contributed by atoms with Crippen LogP contribution >= 0.6 is 0 Å². The molecule has 2 aromatic rings. The zero-order valence-electron chi connectivity index (χ0n) is 9.11. The van der Waals surface area contributed by atoms with Crippen molar-refractivity contribution in [3.8, 4) is 11.3 Å². The van der Waals surface area contributed by atoms with Crippen molar-refractivity contribution in [1.82, 2.24) is 9.97 Å². The lowest BCUT2D eigenvalue weighted by molar-refractivity contribution is 0.0684. The summed E-state index contributed by atoms with van der Waals surface area (Å²) in [6, 6.07) is 7.77. The van der Waals surface area contributed by atoms with E-state index in [9.17, 15) is 4.79 Å². The monoisotopic (exact) mass is 216 g/mol. The number of aryl methyl sites for hydroxylation is 2. The van der Waals surface area contributed by atoms with Gasteiger partial charge in [-0.3, -0.25) is 0 Å². The Kier molecular flexibility index (Phi) is 2.48. The highest BCUT2D eigenvalue weighted by Crippen LogP contribution is 2.24. The standard InChI is InChI=1S/C12H12N2O2/c1-7-5-3-4-6-9(7)10-8(2)13-11(14-10)12(15)16/h3-6H,1-2H3,(H,13,14)(H,15,16). The number of aromatic carboxylic acids is 1. The normalized spacial score (nSPS) is 10.4. The van der Waals surface area contributed by atoms with E-state index >= 15 is 0 Å². The number of nitrogens with zero attached hydrogens (tertiary/aromatic N) is 1. The van der Waals surface area contributed by atoms with Gasteiger partial charge in [0.25, 0.3) is 0 Å². The van der Waals surface area contributed by atoms with Crippen LogP contribution in [0.15, 0.2) is 24.3 Å². The van der Waals surface area contributed by atoms with E-state index in [1.165, 1.54) is 0 Å². The Balaban J connectivity index is 2.57. The predicted molar refractivity (Wildman–Crippen MR) is 60.5 cm³/mol. The van der Waals surface area contributed by atoms with Crippen LogP contribution in [-0.2, 0) is 0 Å². The molecular formula is C12H12N2O2. The van der Waals surface area contributed by atoms with Gasteiger partial charge in [-0.25, -0.2) is 9.78 Å². The largest absolute Gasteiger partial charge is 0.475 e. The molecule has 0 amide bonds. The number of hydrogen-bond donors (Lipinski definition) is 2. The SMILES string of the molecule is Cc1ccccc1-c1nc(C(=O)O)[nH]c1C. The lowest BCUT2D eigenvalue weighted by Crippen LogP contribution is -1.98. The highest BCUT2D eigenvalue weighted by Gasteiger charge is 2.14. The van der Waals surface area contributed by atoms with Gasteiger partial charge < -0.3 is 10.1 Å². The van der Waals surface area contributed by atoms with Crippen LogP contribution in [0.2, 0.25) is 0 Å². The Bertz CT molecular complexity index is 544. The van der Waals surface area contributed by atoms with E-state index in [0.717, 1.165) is 16.8 Å². The van der Waals surface area contributed by atoms with Crippen LogP contribution in [0.25, 0.3) is 11.3 Å². The molecule has 2 N–H and O–H groups in total. The fourth-order valence-corrected chi connectivity index (χ4v) is 1.66. The van der Waals surface area contributed by atoms with Crippen LogP contribution in [0.4, 0.5) is 0 Å². The van der Waals surface area contributed by atoms with Gasteiger partial charge >= 0.3 is 5.97 Å². The molecule has 16 heavy (non-hydrogen) atoms. The molecule has 0 saturated heterocycles. The molecule has 82 valence electrons. The van der Waals surface area contributed by atoms with Crippen LogP contribution in [0.3, 0.4) is 0 Å². The third-order valence-corrected chi connectivity index (χ3v) is 2.49. The van der Waals surface area contributed by atoms with Gasteiger partial charge in [0, 0.05) is 11.3 Å². The Labute approximate surface area is 93.0 Å². The molecule has 1 aromatic carbocycles. The van der Waals surface area contributed by atoms with Crippen LogP contribution in [0, 0.1) is 13.8 Å². The molecule has 0 aliphatic heterocycles. The first-order chi connectivity index (χ1) is 7.59. The molecule has 2 rings (SSSR count). The molecule has 4 nitrogen and oxygen atoms in total. The van der Waals surface area contributed by atoms with Crippen molar-refractivity contribution < 1.29 is 9.90 Å². The Morgan fingerprint density at radius 2 is 2.00 bits per heavy atom. The van der Waals surface area contributed by atoms with Gasteiger partial charge in [0.15, 0.2) is 0 Å². The number of hydrogen-bond acceptors (Lipinski definition) is 2. The summed E-state index contributed by atoms with van der Waals surface area (Å²) in [7, 11) is 0. The smallest absolute Gasteiger partial charge is 0.371 e. The first-order valence-electron chi connectivity index (χ1n) is 4.95. The molecule has 0 unspecified atom stereocenters. The van der Waals surface area contributed by atoms with E-state index in [1.807, 2.05) is 38.1 Å². The third-order valence-electron chi connectivity index (χ3n) is 2.49. The number of imidazole rings is 1. The number of H-pyrrole nitrogens is 1. The summed E-state index contributed by atoms with van der Waals surface area (Å²) < 4.78 is 0. The maximum Gasteiger partial charge on any atom is 0.371 e. The summed E-state index contributed by atoms with van der Waals surface area (Å²) in [5, 5.41) is 8.85. The van der Waals surface area contributed by atoms with Crippen molar-refractivity contribution in [2.24, 2.45) is 0 Å². The van der Waals surface area contributed by atoms with Crippen molar-refractivity contribution >= 4 is 5.97 Å². The first-order valence-corrected chi connectivity index (χ1v) is 4.95. The number of rotatable bonds is 2. The molecular weight excluding hydrogens is 204 g/mol. The summed E-state index contributed by atoms with van der Waals surface area (Å²) in [5.41, 5.74) is 3.51. The van der Waals surface area contributed by atoms with Crippen molar-refractivity contribution in [1.29, 1.82) is 0 Å². The summed E-state index contributed by atoms with van der Waals surface area (Å²) in [6.45, 7) is 3.80. The molecule has 0 saturated carbocycles. The molecule has 0 spiro atoms. The van der Waals surface area contributed by atoms with E-state index in [2.05, 4.69) is 9.97 Å². The Morgan fingerprint density at radius 3 is 2.56 bits per heavy atom. The van der Waals surface area contributed by atoms with E-state index in [0.29, 0.717) is 5.69 Å². The summed E-state index contributed by atoms with van der Waals surface area (Å²) >= 11 is 0. The van der Waals surface area contributed by atoms with Gasteiger partial charge in [0.1, 0.15) is 0 Å². The molecule has 0 atom stereocenters. The highest BCUT2D eigenvalue weighted by atomic mass is 16.4. The quantitative estimate of drug-likeness (QED) is 0.810. The molecule has 0 fully saturated rings. The number of carbonyl (C=O) groups is 1. The zero-order chi connectivity index (χ0) is 11.7. The molecule has 1 heterocycles. The molecule has 0 aliphatic rings. The van der Waals surface area contributed by atoms with Gasteiger partial charge in [-0.15, -0.1) is 0 Å². The van der Waals surface area contributed by atoms with Crippen molar-refractivity contribution in [3.63, 3.8) is 0 Å². The molecule has 4 heteroatoms. The van der Waals surface area contributed by atoms with Gasteiger partial charge in [-0.05, 0) is 19.4 Å². The summed E-state index contributed by atoms with van der Waals surface area (Å²) in [4.78, 5) is 17.6. The minimum Gasteiger partial charge on any atom is -0.475 e. The Morgan fingerprint density at radius 1 is 1.31 bits per heavy atom. The number of carboxylic acids is 1. The molecule has 0 aliphatic carbocycles. The number of aromatic nitrogens is 2. The predicted octanol–water partition coefficient (Wildman–Crippen LogP) is 2.39. The maximum absolute atomic E-state index is 10.8. The van der Waals surface area contributed by atoms with Crippen LogP contribution in [0.1, 0.15) is 21.9 Å². The van der Waals surface area contributed by atoms with Gasteiger partial charge in [-0.2, -0.15) is 0 Å². The van der Waals surface area contributed by atoms with Crippen molar-refractivity contribution in [2.45, 2.75) is 13.8 Å². The van der Waals surface area contributed by atoms with E-state index in [1.54, 1.807) is 0 Å². The fraction of sp³-hybridized carbons (Fsp3) is 0.167. The van der Waals surface area contributed by atoms with Crippen molar-refractivity contribution in [2.75, 3.05) is 0 Å². The number of nitrogens with one attached hydrogen (secondary N) is 1. The number of aromatic amines is 1. The van der Waals surface area contributed by atoms with Crippen LogP contribution < -0.4 is 0 Å². The summed E-state index contributed by atoms with van der Waals surface area (Å²) in [6.07, 6.45) is 0. The minimum absolute atomic E-state index is 0.0178. The Hall–Kier alpha value is -2.10. The second kappa shape index (κ2) is 3.81. The second-order valence-electron chi connectivity index (χ2n) is 3.68. The highest BCUT2D eigenvalue weighted by molar-refractivity contribution is 5.85. The topological polar surface area (TPSA) is 66.0 Å². The zero-order valence-corrected chi connectivity index (χ0v) is 9.11. The second-order valence-corrected chi connectivity index (χ2v) is 3.68. The number of benzene rings is 1. The fourth-order valence-electron chi connectivity index (χ4n) is 1.66. The van der Waals surface area contributed by atoms with Gasteiger partial charge in [0.05, 0.1) is 5.69 Å². The molecule has 1 aromatic heterocycles. The van der Waals surface area contributed by atoms with Crippen LogP contribution in [0.5, 0.6) is 0 Å². The van der Waals surface area contributed by atoms with Gasteiger partial charge in [0.2, 0.25) is 5.82 Å². The average molecular weight is 216 g/mol. The average Bonchev–Trinajstić information content (AvgIpc) is 2.61. The molecule has 0 radical (unpaired) electrons. The molecule has 0 bridgehead atoms. The van der Waals surface area contributed by atoms with E-state index < -0.39 is 5.97 Å². The van der Waals surface area contributed by atoms with Crippen LogP contribution in [-0.4, -0.2) is 21.0 Å². The lowest BCUT2D eigenvalue weighted by atomic mass is 10.1.